The molecule has 0 amide bonds. The van der Waals surface area contributed by atoms with Crippen LogP contribution in [-0.4, -0.2) is 162 Å². The van der Waals surface area contributed by atoms with Gasteiger partial charge in [0, 0.05) is 29.2 Å². The van der Waals surface area contributed by atoms with Crippen LogP contribution in [0.5, 0.6) is 0 Å². The van der Waals surface area contributed by atoms with Gasteiger partial charge in [0.25, 0.3) is 0 Å². The quantitative estimate of drug-likeness (QED) is 0.0946. The van der Waals surface area contributed by atoms with Gasteiger partial charge in [0.15, 0.2) is 12.6 Å². The summed E-state index contributed by atoms with van der Waals surface area (Å²) in [6.07, 6.45) is -12.3. The van der Waals surface area contributed by atoms with E-state index in [2.05, 4.69) is 0 Å². The molecule has 51 heavy (non-hydrogen) atoms. The number of esters is 1. The van der Waals surface area contributed by atoms with Crippen LogP contribution in [0.4, 0.5) is 0 Å². The molecule has 7 aliphatic rings. The van der Waals surface area contributed by atoms with E-state index < -0.39 is 127 Å². The fourth-order valence-corrected chi connectivity index (χ4v) is 11.5. The summed E-state index contributed by atoms with van der Waals surface area (Å²) in [4.78, 5) is 11.9. The van der Waals surface area contributed by atoms with Crippen molar-refractivity contribution < 1.29 is 79.5 Å². The third kappa shape index (κ3) is 5.67. The highest BCUT2D eigenvalue weighted by atomic mass is 16.7. The van der Waals surface area contributed by atoms with Crippen LogP contribution in [-0.2, 0) is 28.5 Å². The summed E-state index contributed by atoms with van der Waals surface area (Å²) in [5, 5.41) is 110. The number of rotatable bonds is 7. The van der Waals surface area contributed by atoms with Gasteiger partial charge in [-0.05, 0) is 69.3 Å². The van der Waals surface area contributed by atoms with Gasteiger partial charge in [-0.2, -0.15) is 0 Å². The summed E-state index contributed by atoms with van der Waals surface area (Å²) in [5.41, 5.74) is -3.77. The van der Waals surface area contributed by atoms with Crippen LogP contribution in [0.1, 0.15) is 65.2 Å². The number of hydrogen-bond acceptors (Lipinski definition) is 16. The lowest BCUT2D eigenvalue weighted by molar-refractivity contribution is -0.363. The summed E-state index contributed by atoms with van der Waals surface area (Å²) in [6.45, 7) is 2.58. The number of cyclic esters (lactones) is 1. The average molecular weight is 731 g/mol. The summed E-state index contributed by atoms with van der Waals surface area (Å²) >= 11 is 0. The van der Waals surface area contributed by atoms with Crippen LogP contribution < -0.4 is 0 Å². The van der Waals surface area contributed by atoms with Crippen molar-refractivity contribution in [2.24, 2.45) is 28.6 Å². The molecule has 16 heteroatoms. The van der Waals surface area contributed by atoms with Crippen LogP contribution in [0.15, 0.2) is 11.6 Å². The molecule has 0 bridgehead atoms. The van der Waals surface area contributed by atoms with Gasteiger partial charge >= 0.3 is 5.97 Å². The van der Waals surface area contributed by atoms with Gasteiger partial charge in [0.2, 0.25) is 0 Å². The zero-order chi connectivity index (χ0) is 36.8. The zero-order valence-electron chi connectivity index (χ0n) is 28.9. The van der Waals surface area contributed by atoms with Gasteiger partial charge in [0.1, 0.15) is 49.3 Å². The summed E-state index contributed by atoms with van der Waals surface area (Å²) in [6, 6.07) is 0. The molecule has 0 aromatic rings. The van der Waals surface area contributed by atoms with Crippen molar-refractivity contribution in [3.63, 3.8) is 0 Å². The maximum absolute atomic E-state index is 12.5. The predicted octanol–water partition coefficient (Wildman–Crippen LogP) is -2.66. The summed E-state index contributed by atoms with van der Waals surface area (Å²) in [7, 11) is 0. The summed E-state index contributed by atoms with van der Waals surface area (Å²) < 4.78 is 28.4. The number of fused-ring (bicyclic) bond motifs is 5. The van der Waals surface area contributed by atoms with E-state index in [1.54, 1.807) is 0 Å². The molecule has 4 saturated carbocycles. The first-order valence-electron chi connectivity index (χ1n) is 18.3. The lowest BCUT2D eigenvalue weighted by Gasteiger charge is -2.67. The molecular formula is C35H54O16. The lowest BCUT2D eigenvalue weighted by atomic mass is 9.40. The predicted molar refractivity (Wildman–Crippen MR) is 170 cm³/mol. The highest BCUT2D eigenvalue weighted by molar-refractivity contribution is 5.85. The Hall–Kier alpha value is -1.35. The van der Waals surface area contributed by atoms with Crippen molar-refractivity contribution in [3.8, 4) is 0 Å². The van der Waals surface area contributed by atoms with Crippen molar-refractivity contribution >= 4 is 5.97 Å². The zero-order valence-corrected chi connectivity index (χ0v) is 28.9. The third-order valence-electron chi connectivity index (χ3n) is 14.2. The van der Waals surface area contributed by atoms with Crippen LogP contribution in [0.3, 0.4) is 0 Å². The Balaban J connectivity index is 1.04. The molecule has 2 saturated heterocycles. The minimum Gasteiger partial charge on any atom is -0.458 e. The molecule has 0 aromatic heterocycles. The minimum absolute atomic E-state index is 0.0377. The molecule has 19 unspecified atom stereocenters. The van der Waals surface area contributed by atoms with Crippen LogP contribution in [0, 0.1) is 28.6 Å². The molecule has 3 aliphatic heterocycles. The van der Waals surface area contributed by atoms with Crippen molar-refractivity contribution in [1.29, 1.82) is 0 Å². The second kappa shape index (κ2) is 13.4. The minimum atomic E-state index is -1.73. The molecule has 7 rings (SSSR count). The average Bonchev–Trinajstić information content (AvgIpc) is 3.63. The number of hydrogen-bond donors (Lipinski definition) is 10. The van der Waals surface area contributed by atoms with Crippen LogP contribution >= 0.6 is 0 Å². The third-order valence-corrected chi connectivity index (χ3v) is 14.2. The van der Waals surface area contributed by atoms with Gasteiger partial charge in [0.05, 0.1) is 42.7 Å². The van der Waals surface area contributed by atoms with E-state index in [-0.39, 0.29) is 38.2 Å². The Morgan fingerprint density at radius 1 is 0.843 bits per heavy atom. The molecular weight excluding hydrogens is 676 g/mol. The van der Waals surface area contributed by atoms with E-state index in [9.17, 15) is 55.9 Å². The molecule has 16 nitrogen and oxygen atoms in total. The first-order chi connectivity index (χ1) is 24.0. The first-order valence-corrected chi connectivity index (χ1v) is 18.3. The van der Waals surface area contributed by atoms with Gasteiger partial charge < -0.3 is 74.7 Å². The molecule has 19 atom stereocenters. The number of carbonyl (C=O) groups excluding carboxylic acids is 1. The molecule has 0 spiro atoms. The second-order valence-electron chi connectivity index (χ2n) is 16.5. The van der Waals surface area contributed by atoms with Crippen molar-refractivity contribution in [3.05, 3.63) is 11.6 Å². The molecule has 290 valence electrons. The van der Waals surface area contributed by atoms with E-state index in [0.29, 0.717) is 25.7 Å². The van der Waals surface area contributed by atoms with Gasteiger partial charge in [-0.15, -0.1) is 0 Å². The molecule has 10 N–H and O–H groups in total. The van der Waals surface area contributed by atoms with E-state index in [1.165, 1.54) is 13.0 Å². The second-order valence-corrected chi connectivity index (χ2v) is 16.5. The molecule has 6 fully saturated rings. The standard InChI is InChI=1S/C35H54O16/c1-15-29(51-31-27(43)25(41)24(40)21(12-36)50-31)26(42)28(44)30(48-15)49-17-3-6-33(14-37)23-19(4-7-34(33,45)10-17)35(46)8-5-18(16-9-22(39)47-13-16)32(35,2)11-20(23)38/h9,15,17-21,23-31,36-38,40-46H,3-8,10-14H2,1-2H3. The Labute approximate surface area is 295 Å². The monoisotopic (exact) mass is 730 g/mol. The van der Waals surface area contributed by atoms with Gasteiger partial charge in [-0.3, -0.25) is 0 Å². The Morgan fingerprint density at radius 2 is 1.55 bits per heavy atom. The summed E-state index contributed by atoms with van der Waals surface area (Å²) in [5.74, 6) is -1.59. The molecule has 0 aromatic carbocycles. The van der Waals surface area contributed by atoms with Gasteiger partial charge in [-0.25, -0.2) is 4.79 Å². The highest BCUT2D eigenvalue weighted by Crippen LogP contribution is 2.70. The van der Waals surface area contributed by atoms with E-state index in [1.807, 2.05) is 6.92 Å². The normalized spacial score (nSPS) is 55.7. The van der Waals surface area contributed by atoms with E-state index >= 15 is 0 Å². The number of aliphatic hydroxyl groups is 10. The van der Waals surface area contributed by atoms with Crippen LogP contribution in [0.2, 0.25) is 0 Å². The molecule has 3 heterocycles. The Kier molecular flexibility index (Phi) is 10.0. The first kappa shape index (κ1) is 37.9. The Bertz CT molecular complexity index is 1350. The van der Waals surface area contributed by atoms with E-state index in [0.717, 1.165) is 5.57 Å². The van der Waals surface area contributed by atoms with Crippen molar-refractivity contribution in [1.82, 2.24) is 0 Å². The Morgan fingerprint density at radius 3 is 2.22 bits per heavy atom. The fourth-order valence-electron chi connectivity index (χ4n) is 11.5. The molecule has 4 aliphatic carbocycles. The smallest absolute Gasteiger partial charge is 0.331 e. The number of aliphatic hydroxyl groups excluding tert-OH is 8. The topological polar surface area (TPSA) is 266 Å². The SMILES string of the molecule is CC1OC(OC2CCC3(CO)C4C(O)CC5(C)C(C6=CC(=O)OC6)CCC5(O)C4CCC3(O)C2)C(O)C(O)C1OC1OC(CO)C(O)C(O)C1O. The number of ether oxygens (including phenoxy) is 5. The van der Waals surface area contributed by atoms with Crippen molar-refractivity contribution in [2.75, 3.05) is 19.8 Å². The largest absolute Gasteiger partial charge is 0.458 e. The highest BCUT2D eigenvalue weighted by Gasteiger charge is 2.73. The molecule has 0 radical (unpaired) electrons. The lowest BCUT2D eigenvalue weighted by Crippen LogP contribution is -2.72. The van der Waals surface area contributed by atoms with E-state index in [4.69, 9.17) is 23.7 Å². The number of carbonyl (C=O) groups is 1. The maximum Gasteiger partial charge on any atom is 0.331 e. The fraction of sp³-hybridized carbons (Fsp3) is 0.914. The van der Waals surface area contributed by atoms with Gasteiger partial charge in [-0.1, -0.05) is 6.92 Å². The van der Waals surface area contributed by atoms with Crippen molar-refractivity contribution in [2.45, 2.75) is 150 Å². The maximum atomic E-state index is 12.5. The van der Waals surface area contributed by atoms with Crippen LogP contribution in [0.25, 0.3) is 0 Å².